The maximum Gasteiger partial charge on any atom is 0.0682 e. The second kappa shape index (κ2) is 2.48. The molecule has 1 N–H and O–H groups in total. The summed E-state index contributed by atoms with van der Waals surface area (Å²) in [5.41, 5.74) is 0.910. The molecule has 1 aromatic carbocycles. The van der Waals surface area contributed by atoms with Crippen LogP contribution in [-0.4, -0.2) is 5.11 Å². The van der Waals surface area contributed by atoms with Crippen LogP contribution in [0.3, 0.4) is 0 Å². The van der Waals surface area contributed by atoms with Crippen molar-refractivity contribution in [2.45, 2.75) is 6.61 Å². The van der Waals surface area contributed by atoms with Gasteiger partial charge in [-0.2, -0.15) is 0 Å². The third kappa shape index (κ3) is 1.07. The third-order valence-corrected chi connectivity index (χ3v) is 0.954. The highest BCUT2D eigenvalue weighted by atomic mass is 16.3. The van der Waals surface area contributed by atoms with Crippen LogP contribution >= 0.6 is 0 Å². The summed E-state index contributed by atoms with van der Waals surface area (Å²) in [6, 6.07) is 10.1. The van der Waals surface area contributed by atoms with Gasteiger partial charge in [-0.3, -0.25) is 0 Å². The summed E-state index contributed by atoms with van der Waals surface area (Å²) >= 11 is 0. The Morgan fingerprint density at radius 3 is 2.88 bits per heavy atom. The highest BCUT2D eigenvalue weighted by molar-refractivity contribution is 5.11. The Morgan fingerprint density at radius 1 is 1.62 bits per heavy atom. The molecule has 0 amide bonds. The summed E-state index contributed by atoms with van der Waals surface area (Å²) in [5, 5.41) is 8.52. The van der Waals surface area contributed by atoms with E-state index in [1.165, 1.54) is 0 Å². The maximum absolute atomic E-state index is 8.52. The van der Waals surface area contributed by atoms with Crippen LogP contribution in [0, 0.1) is 6.07 Å². The Kier molecular flexibility index (Phi) is 1.65. The van der Waals surface area contributed by atoms with Gasteiger partial charge in [-0.25, -0.2) is 0 Å². The molecule has 0 spiro atoms. The molecule has 0 saturated heterocycles. The zero-order valence-corrected chi connectivity index (χ0v) is 4.46. The minimum atomic E-state index is 0.108. The van der Waals surface area contributed by atoms with Gasteiger partial charge in [0.25, 0.3) is 0 Å². The molecule has 41 valence electrons. The first-order valence-electron chi connectivity index (χ1n) is 2.49. The molecule has 0 unspecified atom stereocenters. The van der Waals surface area contributed by atoms with Crippen LogP contribution in [0.5, 0.6) is 0 Å². The molecular weight excluding hydrogens is 100 g/mol. The van der Waals surface area contributed by atoms with Crippen molar-refractivity contribution in [2.24, 2.45) is 0 Å². The van der Waals surface area contributed by atoms with Gasteiger partial charge in [0.1, 0.15) is 0 Å². The van der Waals surface area contributed by atoms with Crippen molar-refractivity contribution >= 4 is 0 Å². The zero-order valence-electron chi connectivity index (χ0n) is 4.46. The highest BCUT2D eigenvalue weighted by Gasteiger charge is 1.81. The van der Waals surface area contributed by atoms with Gasteiger partial charge < -0.3 is 5.11 Å². The van der Waals surface area contributed by atoms with Crippen molar-refractivity contribution in [3.8, 4) is 0 Å². The standard InChI is InChI=1S/C7H7O/c8-6-7-4-2-1-3-5-7/h1-2,4-5,8H,6H2. The van der Waals surface area contributed by atoms with E-state index in [1.54, 1.807) is 12.1 Å². The van der Waals surface area contributed by atoms with Gasteiger partial charge in [0.05, 0.1) is 6.61 Å². The average molecular weight is 107 g/mol. The van der Waals surface area contributed by atoms with Crippen molar-refractivity contribution in [3.05, 3.63) is 35.9 Å². The molecule has 0 aliphatic heterocycles. The van der Waals surface area contributed by atoms with Crippen LogP contribution in [0.2, 0.25) is 0 Å². The summed E-state index contributed by atoms with van der Waals surface area (Å²) in [7, 11) is 0. The van der Waals surface area contributed by atoms with Crippen molar-refractivity contribution in [2.75, 3.05) is 0 Å². The van der Waals surface area contributed by atoms with Crippen molar-refractivity contribution in [1.29, 1.82) is 0 Å². The topological polar surface area (TPSA) is 20.2 Å². The molecule has 0 bridgehead atoms. The molecule has 1 nitrogen and oxygen atoms in total. The van der Waals surface area contributed by atoms with E-state index in [2.05, 4.69) is 6.07 Å². The van der Waals surface area contributed by atoms with Gasteiger partial charge in [0, 0.05) is 0 Å². The normalized spacial score (nSPS) is 9.12. The first-order chi connectivity index (χ1) is 3.93. The fourth-order valence-corrected chi connectivity index (χ4v) is 0.529. The fraction of sp³-hybridized carbons (Fsp3) is 0.143. The van der Waals surface area contributed by atoms with E-state index in [4.69, 9.17) is 5.11 Å². The van der Waals surface area contributed by atoms with E-state index in [-0.39, 0.29) is 6.61 Å². The van der Waals surface area contributed by atoms with Crippen LogP contribution in [0.25, 0.3) is 0 Å². The summed E-state index contributed by atoms with van der Waals surface area (Å²) in [6.45, 7) is 0.108. The summed E-state index contributed by atoms with van der Waals surface area (Å²) in [6.07, 6.45) is 0. The molecule has 0 saturated carbocycles. The van der Waals surface area contributed by atoms with Crippen LogP contribution in [-0.2, 0) is 6.61 Å². The van der Waals surface area contributed by atoms with E-state index in [0.717, 1.165) is 5.56 Å². The van der Waals surface area contributed by atoms with E-state index in [1.807, 2.05) is 12.1 Å². The Labute approximate surface area is 48.6 Å². The molecule has 0 aliphatic carbocycles. The van der Waals surface area contributed by atoms with Gasteiger partial charge in [0.15, 0.2) is 0 Å². The molecular formula is C7H7O. The molecule has 0 atom stereocenters. The van der Waals surface area contributed by atoms with E-state index in [9.17, 15) is 0 Å². The second-order valence-electron chi connectivity index (χ2n) is 1.57. The van der Waals surface area contributed by atoms with Crippen molar-refractivity contribution in [3.63, 3.8) is 0 Å². The highest BCUT2D eigenvalue weighted by Crippen LogP contribution is 1.94. The smallest absolute Gasteiger partial charge is 0.0682 e. The fourth-order valence-electron chi connectivity index (χ4n) is 0.529. The predicted molar refractivity (Wildman–Crippen MR) is 31.2 cm³/mol. The van der Waals surface area contributed by atoms with E-state index < -0.39 is 0 Å². The lowest BCUT2D eigenvalue weighted by Crippen LogP contribution is -1.78. The van der Waals surface area contributed by atoms with Gasteiger partial charge in [-0.05, 0) is 17.7 Å². The molecule has 1 rings (SSSR count). The Morgan fingerprint density at radius 2 is 2.50 bits per heavy atom. The predicted octanol–water partition coefficient (Wildman–Crippen LogP) is 0.979. The molecule has 1 heteroatoms. The van der Waals surface area contributed by atoms with E-state index >= 15 is 0 Å². The van der Waals surface area contributed by atoms with Crippen LogP contribution in [0.1, 0.15) is 5.56 Å². The molecule has 1 radical (unpaired) electrons. The number of hydrogen-bond acceptors (Lipinski definition) is 1. The quantitative estimate of drug-likeness (QED) is 0.567. The lowest BCUT2D eigenvalue weighted by Gasteiger charge is -1.88. The van der Waals surface area contributed by atoms with Gasteiger partial charge in [0.2, 0.25) is 0 Å². The summed E-state index contributed by atoms with van der Waals surface area (Å²) in [5.74, 6) is 0. The number of hydrogen-bond donors (Lipinski definition) is 1. The minimum Gasteiger partial charge on any atom is -0.392 e. The lowest BCUT2D eigenvalue weighted by molar-refractivity contribution is 0.282. The Bertz CT molecular complexity index is 146. The molecule has 0 aliphatic rings. The first kappa shape index (κ1) is 5.32. The molecule has 1 aromatic rings. The Balaban J connectivity index is 2.83. The molecule has 0 heterocycles. The second-order valence-corrected chi connectivity index (χ2v) is 1.57. The SMILES string of the molecule is OCc1c[c]ccc1. The molecule has 0 fully saturated rings. The number of aliphatic hydroxyl groups is 1. The van der Waals surface area contributed by atoms with Crippen LogP contribution < -0.4 is 0 Å². The Hall–Kier alpha value is -0.820. The monoisotopic (exact) mass is 107 g/mol. The van der Waals surface area contributed by atoms with Crippen LogP contribution in [0.4, 0.5) is 0 Å². The first-order valence-corrected chi connectivity index (χ1v) is 2.49. The zero-order chi connectivity index (χ0) is 5.82. The maximum atomic E-state index is 8.52. The third-order valence-electron chi connectivity index (χ3n) is 0.954. The van der Waals surface area contributed by atoms with Gasteiger partial charge >= 0.3 is 0 Å². The largest absolute Gasteiger partial charge is 0.392 e. The van der Waals surface area contributed by atoms with Gasteiger partial charge in [-0.15, -0.1) is 0 Å². The van der Waals surface area contributed by atoms with Crippen molar-refractivity contribution in [1.82, 2.24) is 0 Å². The van der Waals surface area contributed by atoms with Gasteiger partial charge in [-0.1, -0.05) is 18.2 Å². The van der Waals surface area contributed by atoms with Crippen molar-refractivity contribution < 1.29 is 5.11 Å². The number of rotatable bonds is 1. The summed E-state index contributed by atoms with van der Waals surface area (Å²) < 4.78 is 0. The minimum absolute atomic E-state index is 0.108. The molecule has 8 heavy (non-hydrogen) atoms. The van der Waals surface area contributed by atoms with Crippen LogP contribution in [0.15, 0.2) is 24.3 Å². The lowest BCUT2D eigenvalue weighted by atomic mass is 10.2. The van der Waals surface area contributed by atoms with E-state index in [0.29, 0.717) is 0 Å². The number of aliphatic hydroxyl groups excluding tert-OH is 1. The number of benzene rings is 1. The summed E-state index contributed by atoms with van der Waals surface area (Å²) in [4.78, 5) is 0. The molecule has 0 aromatic heterocycles. The average Bonchev–Trinajstić information content (AvgIpc) is 1.90.